The maximum absolute atomic E-state index is 11.5. The number of rotatable bonds is 2. The molecule has 2 N–H and O–H groups in total. The summed E-state index contributed by atoms with van der Waals surface area (Å²) in [6.45, 7) is 5.66. The number of hydrogen-bond acceptors (Lipinski definition) is 2. The maximum Gasteiger partial charge on any atom is 0.179 e. The van der Waals surface area contributed by atoms with Gasteiger partial charge in [0, 0.05) is 5.56 Å². The first-order valence-corrected chi connectivity index (χ1v) is 4.39. The second-order valence-electron chi connectivity index (χ2n) is 3.53. The van der Waals surface area contributed by atoms with Crippen LogP contribution < -0.4 is 5.73 Å². The second kappa shape index (κ2) is 3.71. The summed E-state index contributed by atoms with van der Waals surface area (Å²) in [6.07, 6.45) is 0. The van der Waals surface area contributed by atoms with Crippen LogP contribution in [0.5, 0.6) is 0 Å². The van der Waals surface area contributed by atoms with Gasteiger partial charge in [0.1, 0.15) is 0 Å². The van der Waals surface area contributed by atoms with Crippen molar-refractivity contribution in [1.82, 2.24) is 0 Å². The van der Waals surface area contributed by atoms with Gasteiger partial charge in [-0.1, -0.05) is 17.2 Å². The zero-order valence-corrected chi connectivity index (χ0v) is 8.29. The normalized spacial score (nSPS) is 12.6. The van der Waals surface area contributed by atoms with Gasteiger partial charge in [0.25, 0.3) is 0 Å². The lowest BCUT2D eigenvalue weighted by atomic mass is 10.0. The summed E-state index contributed by atoms with van der Waals surface area (Å²) in [6, 6.07) is 5.37. The molecule has 0 aromatic heterocycles. The molecular weight excluding hydrogens is 162 g/mol. The standard InChI is InChI=1S/C11H15NO/c1-7-4-8(2)6-10(5-7)11(13)9(3)12/h4-6,9H,12H2,1-3H3. The topological polar surface area (TPSA) is 43.1 Å². The van der Waals surface area contributed by atoms with Crippen LogP contribution in [0.1, 0.15) is 28.4 Å². The van der Waals surface area contributed by atoms with E-state index in [4.69, 9.17) is 5.73 Å². The highest BCUT2D eigenvalue weighted by molar-refractivity contribution is 5.99. The first-order chi connectivity index (χ1) is 6.00. The molecule has 2 heteroatoms. The molecule has 1 unspecified atom stereocenters. The van der Waals surface area contributed by atoms with E-state index in [9.17, 15) is 4.79 Å². The van der Waals surface area contributed by atoms with Gasteiger partial charge in [-0.15, -0.1) is 0 Å². The van der Waals surface area contributed by atoms with Crippen molar-refractivity contribution in [2.75, 3.05) is 0 Å². The van der Waals surface area contributed by atoms with Crippen LogP contribution in [0.3, 0.4) is 0 Å². The van der Waals surface area contributed by atoms with Crippen molar-refractivity contribution in [2.45, 2.75) is 26.8 Å². The van der Waals surface area contributed by atoms with Crippen molar-refractivity contribution in [3.05, 3.63) is 34.9 Å². The van der Waals surface area contributed by atoms with Crippen LogP contribution in [0.25, 0.3) is 0 Å². The zero-order valence-electron chi connectivity index (χ0n) is 8.29. The Morgan fingerprint density at radius 3 is 2.08 bits per heavy atom. The molecule has 0 bridgehead atoms. The van der Waals surface area contributed by atoms with Crippen LogP contribution in [0, 0.1) is 13.8 Å². The minimum atomic E-state index is -0.416. The average Bonchev–Trinajstić information content (AvgIpc) is 2.01. The summed E-state index contributed by atoms with van der Waals surface area (Å²) in [5.41, 5.74) is 8.44. The molecule has 1 aromatic rings. The Bertz CT molecular complexity index is 309. The second-order valence-corrected chi connectivity index (χ2v) is 3.53. The molecule has 0 radical (unpaired) electrons. The van der Waals surface area contributed by atoms with Gasteiger partial charge < -0.3 is 5.73 Å². The van der Waals surface area contributed by atoms with Crippen LogP contribution in [-0.4, -0.2) is 11.8 Å². The minimum Gasteiger partial charge on any atom is -0.321 e. The van der Waals surface area contributed by atoms with Crippen molar-refractivity contribution in [3.63, 3.8) is 0 Å². The first kappa shape index (κ1) is 9.93. The molecule has 0 saturated carbocycles. The molecule has 2 nitrogen and oxygen atoms in total. The van der Waals surface area contributed by atoms with Crippen molar-refractivity contribution < 1.29 is 4.79 Å². The number of aryl methyl sites for hydroxylation is 2. The van der Waals surface area contributed by atoms with Crippen LogP contribution in [-0.2, 0) is 0 Å². The summed E-state index contributed by atoms with van der Waals surface area (Å²) in [7, 11) is 0. The molecule has 0 amide bonds. The molecule has 1 aromatic carbocycles. The van der Waals surface area contributed by atoms with E-state index in [0.717, 1.165) is 11.1 Å². The number of carbonyl (C=O) groups excluding carboxylic acids is 1. The fraction of sp³-hybridized carbons (Fsp3) is 0.364. The summed E-state index contributed by atoms with van der Waals surface area (Å²) in [5.74, 6) is 0.00630. The third kappa shape index (κ3) is 2.39. The lowest BCUT2D eigenvalue weighted by Gasteiger charge is -2.06. The van der Waals surface area contributed by atoms with Crippen molar-refractivity contribution in [3.8, 4) is 0 Å². The summed E-state index contributed by atoms with van der Waals surface area (Å²) >= 11 is 0. The Kier molecular flexibility index (Phi) is 2.83. The van der Waals surface area contributed by atoms with Crippen LogP contribution in [0.2, 0.25) is 0 Å². The molecule has 0 aliphatic heterocycles. The van der Waals surface area contributed by atoms with E-state index in [1.807, 2.05) is 32.0 Å². The van der Waals surface area contributed by atoms with E-state index in [0.29, 0.717) is 5.56 Å². The number of ketones is 1. The van der Waals surface area contributed by atoms with Crippen molar-refractivity contribution >= 4 is 5.78 Å². The molecule has 0 aliphatic rings. The fourth-order valence-corrected chi connectivity index (χ4v) is 1.38. The minimum absolute atomic E-state index is 0.00630. The predicted molar refractivity (Wildman–Crippen MR) is 53.9 cm³/mol. The molecule has 1 rings (SSSR count). The molecule has 0 aliphatic carbocycles. The molecule has 0 fully saturated rings. The third-order valence-electron chi connectivity index (χ3n) is 1.92. The first-order valence-electron chi connectivity index (χ1n) is 4.39. The highest BCUT2D eigenvalue weighted by atomic mass is 16.1. The van der Waals surface area contributed by atoms with Crippen LogP contribution in [0.15, 0.2) is 18.2 Å². The SMILES string of the molecule is Cc1cc(C)cc(C(=O)C(C)N)c1. The van der Waals surface area contributed by atoms with Gasteiger partial charge >= 0.3 is 0 Å². The van der Waals surface area contributed by atoms with Crippen LogP contribution in [0.4, 0.5) is 0 Å². The molecule has 0 heterocycles. The van der Waals surface area contributed by atoms with E-state index in [1.165, 1.54) is 0 Å². The smallest absolute Gasteiger partial charge is 0.179 e. The quantitative estimate of drug-likeness (QED) is 0.700. The number of Topliss-reactive ketones (excluding diaryl/α,β-unsaturated/α-hetero) is 1. The molecule has 0 saturated heterocycles. The van der Waals surface area contributed by atoms with Gasteiger partial charge in [0.2, 0.25) is 0 Å². The van der Waals surface area contributed by atoms with Gasteiger partial charge in [-0.25, -0.2) is 0 Å². The lowest BCUT2D eigenvalue weighted by molar-refractivity contribution is 0.0968. The van der Waals surface area contributed by atoms with E-state index in [2.05, 4.69) is 0 Å². The summed E-state index contributed by atoms with van der Waals surface area (Å²) in [5, 5.41) is 0. The zero-order chi connectivity index (χ0) is 10.0. The van der Waals surface area contributed by atoms with Gasteiger partial charge in [-0.3, -0.25) is 4.79 Å². The molecule has 13 heavy (non-hydrogen) atoms. The number of benzene rings is 1. The Morgan fingerprint density at radius 1 is 1.23 bits per heavy atom. The Hall–Kier alpha value is -1.15. The van der Waals surface area contributed by atoms with E-state index < -0.39 is 6.04 Å². The molecular formula is C11H15NO. The van der Waals surface area contributed by atoms with Crippen molar-refractivity contribution in [2.24, 2.45) is 5.73 Å². The van der Waals surface area contributed by atoms with E-state index in [1.54, 1.807) is 6.92 Å². The fourth-order valence-electron chi connectivity index (χ4n) is 1.38. The Labute approximate surface area is 78.8 Å². The molecule has 70 valence electrons. The summed E-state index contributed by atoms with van der Waals surface area (Å²) < 4.78 is 0. The molecule has 0 spiro atoms. The summed E-state index contributed by atoms with van der Waals surface area (Å²) in [4.78, 5) is 11.5. The number of nitrogens with two attached hydrogens (primary N) is 1. The van der Waals surface area contributed by atoms with Gasteiger partial charge in [-0.2, -0.15) is 0 Å². The van der Waals surface area contributed by atoms with E-state index in [-0.39, 0.29) is 5.78 Å². The number of hydrogen-bond donors (Lipinski definition) is 1. The highest BCUT2D eigenvalue weighted by Crippen LogP contribution is 2.10. The van der Waals surface area contributed by atoms with Gasteiger partial charge in [0.15, 0.2) is 5.78 Å². The van der Waals surface area contributed by atoms with Gasteiger partial charge in [0.05, 0.1) is 6.04 Å². The maximum atomic E-state index is 11.5. The Morgan fingerprint density at radius 2 is 1.69 bits per heavy atom. The largest absolute Gasteiger partial charge is 0.321 e. The predicted octanol–water partition coefficient (Wildman–Crippen LogP) is 1.83. The highest BCUT2D eigenvalue weighted by Gasteiger charge is 2.10. The number of carbonyl (C=O) groups is 1. The van der Waals surface area contributed by atoms with E-state index >= 15 is 0 Å². The third-order valence-corrected chi connectivity index (χ3v) is 1.92. The molecule has 1 atom stereocenters. The monoisotopic (exact) mass is 177 g/mol. The van der Waals surface area contributed by atoms with Crippen molar-refractivity contribution in [1.29, 1.82) is 0 Å². The van der Waals surface area contributed by atoms with Crippen LogP contribution >= 0.6 is 0 Å². The lowest BCUT2D eigenvalue weighted by Crippen LogP contribution is -2.26. The Balaban J connectivity index is 3.08. The average molecular weight is 177 g/mol. The van der Waals surface area contributed by atoms with Gasteiger partial charge in [-0.05, 0) is 32.9 Å².